The van der Waals surface area contributed by atoms with Crippen LogP contribution >= 0.6 is 11.3 Å². The minimum atomic E-state index is 0.427. The summed E-state index contributed by atoms with van der Waals surface area (Å²) < 4.78 is 0. The first kappa shape index (κ1) is 14.3. The van der Waals surface area contributed by atoms with Gasteiger partial charge in [0, 0.05) is 10.9 Å². The van der Waals surface area contributed by atoms with Crippen molar-refractivity contribution in [3.05, 3.63) is 56.8 Å². The second kappa shape index (κ2) is 6.36. The van der Waals surface area contributed by atoms with Crippen molar-refractivity contribution in [2.24, 2.45) is 0 Å². The van der Waals surface area contributed by atoms with Gasteiger partial charge in [-0.2, -0.15) is 0 Å². The van der Waals surface area contributed by atoms with Crippen molar-refractivity contribution < 1.29 is 0 Å². The number of aryl methyl sites for hydroxylation is 3. The summed E-state index contributed by atoms with van der Waals surface area (Å²) in [5.41, 5.74) is 5.61. The van der Waals surface area contributed by atoms with E-state index >= 15 is 0 Å². The van der Waals surface area contributed by atoms with Crippen molar-refractivity contribution in [1.82, 2.24) is 5.32 Å². The monoisotopic (exact) mass is 273 g/mol. The average Bonchev–Trinajstić information content (AvgIpc) is 2.82. The highest BCUT2D eigenvalue weighted by molar-refractivity contribution is 7.10. The van der Waals surface area contributed by atoms with Crippen LogP contribution in [0.25, 0.3) is 0 Å². The molecule has 0 bridgehead atoms. The van der Waals surface area contributed by atoms with Gasteiger partial charge in [-0.15, -0.1) is 11.3 Å². The van der Waals surface area contributed by atoms with E-state index in [1.807, 2.05) is 11.3 Å². The summed E-state index contributed by atoms with van der Waals surface area (Å²) in [5.74, 6) is 0. The molecule has 1 nitrogen and oxygen atoms in total. The maximum Gasteiger partial charge on any atom is 0.0456 e. The molecule has 0 saturated carbocycles. The van der Waals surface area contributed by atoms with Crippen molar-refractivity contribution in [3.63, 3.8) is 0 Å². The van der Waals surface area contributed by atoms with Gasteiger partial charge in [0.05, 0.1) is 0 Å². The van der Waals surface area contributed by atoms with Crippen LogP contribution in [0.4, 0.5) is 0 Å². The summed E-state index contributed by atoms with van der Waals surface area (Å²) in [7, 11) is 2.06. The lowest BCUT2D eigenvalue weighted by molar-refractivity contribution is 0.597. The molecule has 2 aromatic rings. The third-order valence-corrected chi connectivity index (χ3v) is 4.62. The summed E-state index contributed by atoms with van der Waals surface area (Å²) in [4.78, 5) is 1.49. The van der Waals surface area contributed by atoms with Crippen LogP contribution < -0.4 is 5.32 Å². The molecule has 0 amide bonds. The molecule has 1 aromatic heterocycles. The van der Waals surface area contributed by atoms with E-state index in [0.29, 0.717) is 6.04 Å². The second-order valence-electron chi connectivity index (χ2n) is 5.20. The maximum atomic E-state index is 3.48. The highest BCUT2D eigenvalue weighted by atomic mass is 32.1. The van der Waals surface area contributed by atoms with Crippen LogP contribution in [-0.2, 0) is 12.8 Å². The van der Waals surface area contributed by atoms with Gasteiger partial charge in [0.25, 0.3) is 0 Å². The molecule has 2 rings (SSSR count). The number of nitrogens with one attached hydrogen (secondary N) is 1. The molecule has 1 heterocycles. The molecule has 0 fully saturated rings. The lowest BCUT2D eigenvalue weighted by Crippen LogP contribution is -2.19. The quantitative estimate of drug-likeness (QED) is 0.849. The molecule has 1 N–H and O–H groups in total. The predicted octanol–water partition coefficient (Wildman–Crippen LogP) is 4.43. The summed E-state index contributed by atoms with van der Waals surface area (Å²) in [6.45, 7) is 6.58. The summed E-state index contributed by atoms with van der Waals surface area (Å²) >= 11 is 1.87. The van der Waals surface area contributed by atoms with Crippen LogP contribution in [0, 0.1) is 13.8 Å². The first-order chi connectivity index (χ1) is 9.13. The van der Waals surface area contributed by atoms with Crippen molar-refractivity contribution in [3.8, 4) is 0 Å². The Kier molecular flexibility index (Phi) is 4.78. The highest BCUT2D eigenvalue weighted by Crippen LogP contribution is 2.28. The van der Waals surface area contributed by atoms with Crippen LogP contribution in [0.2, 0.25) is 0 Å². The van der Waals surface area contributed by atoms with Gasteiger partial charge in [0.2, 0.25) is 0 Å². The Morgan fingerprint density at radius 3 is 2.42 bits per heavy atom. The molecule has 0 radical (unpaired) electrons. The van der Waals surface area contributed by atoms with Gasteiger partial charge in [-0.1, -0.05) is 36.2 Å². The van der Waals surface area contributed by atoms with Gasteiger partial charge in [-0.05, 0) is 56.3 Å². The van der Waals surface area contributed by atoms with Crippen LogP contribution in [0.15, 0.2) is 29.6 Å². The van der Waals surface area contributed by atoms with Crippen LogP contribution in [0.5, 0.6) is 0 Å². The van der Waals surface area contributed by atoms with Crippen LogP contribution in [-0.4, -0.2) is 7.05 Å². The number of rotatable bonds is 5. The fourth-order valence-electron chi connectivity index (χ4n) is 2.69. The summed E-state index contributed by atoms with van der Waals surface area (Å²) in [6, 6.07) is 9.52. The molecule has 102 valence electrons. The Labute approximate surface area is 120 Å². The molecular formula is C17H23NS. The van der Waals surface area contributed by atoms with Crippen molar-refractivity contribution in [1.29, 1.82) is 0 Å². The Hall–Kier alpha value is -1.12. The largest absolute Gasteiger partial charge is 0.312 e. The number of benzene rings is 1. The Morgan fingerprint density at radius 2 is 1.84 bits per heavy atom. The van der Waals surface area contributed by atoms with Gasteiger partial charge in [0.1, 0.15) is 0 Å². The molecule has 0 saturated heterocycles. The normalized spacial score (nSPS) is 12.6. The van der Waals surface area contributed by atoms with Crippen LogP contribution in [0.3, 0.4) is 0 Å². The highest BCUT2D eigenvalue weighted by Gasteiger charge is 2.15. The first-order valence-electron chi connectivity index (χ1n) is 6.94. The van der Waals surface area contributed by atoms with E-state index < -0.39 is 0 Å². The van der Waals surface area contributed by atoms with E-state index in [2.05, 4.69) is 62.8 Å². The molecule has 0 aliphatic rings. The lowest BCUT2D eigenvalue weighted by Gasteiger charge is -2.17. The van der Waals surface area contributed by atoms with E-state index in [-0.39, 0.29) is 0 Å². The fraction of sp³-hybridized carbons (Fsp3) is 0.412. The molecule has 1 atom stereocenters. The van der Waals surface area contributed by atoms with E-state index in [4.69, 9.17) is 0 Å². The van der Waals surface area contributed by atoms with Gasteiger partial charge in [-0.25, -0.2) is 0 Å². The summed E-state index contributed by atoms with van der Waals surface area (Å²) in [6.07, 6.45) is 2.18. The van der Waals surface area contributed by atoms with Crippen molar-refractivity contribution in [2.75, 3.05) is 7.05 Å². The summed E-state index contributed by atoms with van der Waals surface area (Å²) in [5, 5.41) is 5.69. The minimum absolute atomic E-state index is 0.427. The van der Waals surface area contributed by atoms with Gasteiger partial charge in [0.15, 0.2) is 0 Å². The number of likely N-dealkylation sites (N-methyl/N-ethyl adjacent to an activating group) is 1. The number of hydrogen-bond acceptors (Lipinski definition) is 2. The lowest BCUT2D eigenvalue weighted by atomic mass is 9.98. The molecule has 1 aromatic carbocycles. The Balaban J connectivity index is 2.24. The molecule has 1 unspecified atom stereocenters. The van der Waals surface area contributed by atoms with Gasteiger partial charge in [-0.3, -0.25) is 0 Å². The fourth-order valence-corrected chi connectivity index (χ4v) is 3.80. The van der Waals surface area contributed by atoms with E-state index in [1.165, 1.54) is 27.1 Å². The first-order valence-corrected chi connectivity index (χ1v) is 7.82. The Bertz CT molecular complexity index is 522. The third-order valence-electron chi connectivity index (χ3n) is 3.55. The predicted molar refractivity (Wildman–Crippen MR) is 85.1 cm³/mol. The number of thiophene rings is 1. The smallest absolute Gasteiger partial charge is 0.0456 e. The molecule has 0 aliphatic heterocycles. The molecular weight excluding hydrogens is 250 g/mol. The molecule has 2 heteroatoms. The third kappa shape index (κ3) is 3.46. The maximum absolute atomic E-state index is 3.48. The average molecular weight is 273 g/mol. The second-order valence-corrected chi connectivity index (χ2v) is 6.15. The standard InChI is InChI=1S/C17H23NS/c1-5-15-6-7-19-17(15)16(18-4)11-14-9-12(2)8-13(3)10-14/h6-10,16,18H,5,11H2,1-4H3. The van der Waals surface area contributed by atoms with Gasteiger partial charge >= 0.3 is 0 Å². The van der Waals surface area contributed by atoms with E-state index in [0.717, 1.165) is 12.8 Å². The van der Waals surface area contributed by atoms with Crippen molar-refractivity contribution >= 4 is 11.3 Å². The molecule has 0 spiro atoms. The topological polar surface area (TPSA) is 12.0 Å². The van der Waals surface area contributed by atoms with E-state index in [9.17, 15) is 0 Å². The zero-order valence-corrected chi connectivity index (χ0v) is 13.1. The zero-order valence-electron chi connectivity index (χ0n) is 12.3. The van der Waals surface area contributed by atoms with Crippen molar-refractivity contribution in [2.45, 2.75) is 39.7 Å². The number of hydrogen-bond donors (Lipinski definition) is 1. The minimum Gasteiger partial charge on any atom is -0.312 e. The van der Waals surface area contributed by atoms with E-state index in [1.54, 1.807) is 0 Å². The molecule has 0 aliphatic carbocycles. The SMILES string of the molecule is CCc1ccsc1C(Cc1cc(C)cc(C)c1)NC. The van der Waals surface area contributed by atoms with Gasteiger partial charge < -0.3 is 5.32 Å². The molecule has 19 heavy (non-hydrogen) atoms. The van der Waals surface area contributed by atoms with Crippen LogP contribution in [0.1, 0.15) is 40.1 Å². The zero-order chi connectivity index (χ0) is 13.8. The Morgan fingerprint density at radius 1 is 1.16 bits per heavy atom.